The molecule has 2 rings (SSSR count). The summed E-state index contributed by atoms with van der Waals surface area (Å²) in [5.41, 5.74) is 0.860. The summed E-state index contributed by atoms with van der Waals surface area (Å²) in [4.78, 5) is 11.4. The van der Waals surface area contributed by atoms with Gasteiger partial charge in [0, 0.05) is 5.69 Å². The molecule has 6 nitrogen and oxygen atoms in total. The third-order valence-electron chi connectivity index (χ3n) is 2.58. The van der Waals surface area contributed by atoms with Gasteiger partial charge in [0.1, 0.15) is 0 Å². The van der Waals surface area contributed by atoms with Gasteiger partial charge in [-0.05, 0) is 19.1 Å². The number of carbonyl (C=O) groups excluding carboxylic acids is 1. The maximum atomic E-state index is 11.4. The number of nitriles is 1. The zero-order valence-electron chi connectivity index (χ0n) is 11.5. The first-order valence-electron chi connectivity index (χ1n) is 6.41. The molecule has 0 fully saturated rings. The summed E-state index contributed by atoms with van der Waals surface area (Å²) >= 11 is 1.24. The Morgan fingerprint density at radius 3 is 2.81 bits per heavy atom. The van der Waals surface area contributed by atoms with Gasteiger partial charge < -0.3 is 4.74 Å². The molecule has 0 aliphatic carbocycles. The fourth-order valence-corrected chi connectivity index (χ4v) is 2.51. The second kappa shape index (κ2) is 7.45. The standard InChI is InChI=1S/C14H14N4O2S/c1-2-20-13(19)10-21-14-17-16-12(8-9-15)18(14)11-6-4-3-5-7-11/h3-7H,2,8,10H2,1H3. The van der Waals surface area contributed by atoms with Crippen molar-refractivity contribution in [2.45, 2.75) is 18.5 Å². The molecule has 0 atom stereocenters. The van der Waals surface area contributed by atoms with Crippen molar-refractivity contribution >= 4 is 17.7 Å². The number of nitrogens with zero attached hydrogens (tertiary/aromatic N) is 4. The minimum absolute atomic E-state index is 0.155. The molecule has 0 aliphatic rings. The molecule has 0 radical (unpaired) electrons. The van der Waals surface area contributed by atoms with Crippen molar-refractivity contribution < 1.29 is 9.53 Å². The summed E-state index contributed by atoms with van der Waals surface area (Å²) in [6.45, 7) is 2.12. The van der Waals surface area contributed by atoms with Crippen LogP contribution >= 0.6 is 11.8 Å². The van der Waals surface area contributed by atoms with Crippen LogP contribution in [0.2, 0.25) is 0 Å². The van der Waals surface area contributed by atoms with Crippen LogP contribution in [0, 0.1) is 11.3 Å². The number of esters is 1. The quantitative estimate of drug-likeness (QED) is 0.599. The summed E-state index contributed by atoms with van der Waals surface area (Å²) in [6.07, 6.45) is 0.155. The molecule has 1 aromatic heterocycles. The van der Waals surface area contributed by atoms with E-state index in [1.54, 1.807) is 11.5 Å². The first kappa shape index (κ1) is 15.1. The summed E-state index contributed by atoms with van der Waals surface area (Å²) in [7, 11) is 0. The minimum Gasteiger partial charge on any atom is -0.465 e. The van der Waals surface area contributed by atoms with Gasteiger partial charge in [-0.1, -0.05) is 30.0 Å². The van der Waals surface area contributed by atoms with E-state index in [4.69, 9.17) is 10.00 Å². The van der Waals surface area contributed by atoms with Crippen LogP contribution in [0.15, 0.2) is 35.5 Å². The third kappa shape index (κ3) is 3.83. The maximum absolute atomic E-state index is 11.4. The van der Waals surface area contributed by atoms with Crippen LogP contribution in [0.4, 0.5) is 0 Å². The molecule has 0 bridgehead atoms. The highest BCUT2D eigenvalue weighted by Crippen LogP contribution is 2.22. The van der Waals surface area contributed by atoms with Gasteiger partial charge in [0.15, 0.2) is 11.0 Å². The molecular weight excluding hydrogens is 288 g/mol. The van der Waals surface area contributed by atoms with Crippen LogP contribution in [0.5, 0.6) is 0 Å². The van der Waals surface area contributed by atoms with Gasteiger partial charge in [0.25, 0.3) is 0 Å². The Morgan fingerprint density at radius 2 is 2.14 bits per heavy atom. The molecule has 0 amide bonds. The molecule has 2 aromatic rings. The fourth-order valence-electron chi connectivity index (χ4n) is 1.74. The molecule has 0 N–H and O–H groups in total. The van der Waals surface area contributed by atoms with E-state index in [0.717, 1.165) is 5.69 Å². The largest absolute Gasteiger partial charge is 0.465 e. The van der Waals surface area contributed by atoms with E-state index in [2.05, 4.69) is 16.3 Å². The molecule has 0 aliphatic heterocycles. The zero-order valence-corrected chi connectivity index (χ0v) is 12.3. The lowest BCUT2D eigenvalue weighted by molar-refractivity contribution is -0.139. The lowest BCUT2D eigenvalue weighted by atomic mass is 10.3. The highest BCUT2D eigenvalue weighted by atomic mass is 32.2. The molecular formula is C14H14N4O2S. The molecule has 1 heterocycles. The van der Waals surface area contributed by atoms with Crippen molar-refractivity contribution in [3.63, 3.8) is 0 Å². The number of hydrogen-bond donors (Lipinski definition) is 0. The van der Waals surface area contributed by atoms with Crippen molar-refractivity contribution in [1.29, 1.82) is 5.26 Å². The van der Waals surface area contributed by atoms with Crippen molar-refractivity contribution in [1.82, 2.24) is 14.8 Å². The Hall–Kier alpha value is -2.33. The Morgan fingerprint density at radius 1 is 1.38 bits per heavy atom. The van der Waals surface area contributed by atoms with Crippen molar-refractivity contribution in [3.05, 3.63) is 36.2 Å². The summed E-state index contributed by atoms with van der Waals surface area (Å²) in [5, 5.41) is 17.5. The van der Waals surface area contributed by atoms with E-state index >= 15 is 0 Å². The van der Waals surface area contributed by atoms with Gasteiger partial charge >= 0.3 is 5.97 Å². The number of benzene rings is 1. The van der Waals surface area contributed by atoms with Gasteiger partial charge in [-0.15, -0.1) is 10.2 Å². The van der Waals surface area contributed by atoms with E-state index in [0.29, 0.717) is 17.6 Å². The molecule has 0 saturated heterocycles. The van der Waals surface area contributed by atoms with E-state index in [-0.39, 0.29) is 18.1 Å². The van der Waals surface area contributed by atoms with Gasteiger partial charge in [-0.2, -0.15) is 5.26 Å². The number of hydrogen-bond acceptors (Lipinski definition) is 6. The molecule has 0 unspecified atom stereocenters. The molecule has 0 spiro atoms. The summed E-state index contributed by atoms with van der Waals surface area (Å²) < 4.78 is 6.68. The molecule has 7 heteroatoms. The number of ether oxygens (including phenoxy) is 1. The first-order chi connectivity index (χ1) is 10.3. The highest BCUT2D eigenvalue weighted by Gasteiger charge is 2.15. The van der Waals surface area contributed by atoms with Gasteiger partial charge in [0.05, 0.1) is 24.8 Å². The second-order valence-electron chi connectivity index (χ2n) is 4.00. The monoisotopic (exact) mass is 302 g/mol. The van der Waals surface area contributed by atoms with Crippen molar-refractivity contribution in [3.8, 4) is 11.8 Å². The normalized spacial score (nSPS) is 10.1. The number of thioether (sulfide) groups is 1. The van der Waals surface area contributed by atoms with Crippen LogP contribution in [0.3, 0.4) is 0 Å². The summed E-state index contributed by atoms with van der Waals surface area (Å²) in [5.74, 6) is 0.410. The van der Waals surface area contributed by atoms with Gasteiger partial charge in [-0.3, -0.25) is 9.36 Å². The SMILES string of the molecule is CCOC(=O)CSc1nnc(CC#N)n1-c1ccccc1. The first-order valence-corrected chi connectivity index (χ1v) is 7.40. The van der Waals surface area contributed by atoms with E-state index in [9.17, 15) is 4.79 Å². The number of rotatable bonds is 6. The van der Waals surface area contributed by atoms with E-state index < -0.39 is 0 Å². The molecule has 21 heavy (non-hydrogen) atoms. The number of aromatic nitrogens is 3. The smallest absolute Gasteiger partial charge is 0.316 e. The predicted octanol–water partition coefficient (Wildman–Crippen LogP) is 1.99. The summed E-state index contributed by atoms with van der Waals surface area (Å²) in [6, 6.07) is 11.6. The van der Waals surface area contributed by atoms with E-state index in [1.165, 1.54) is 11.8 Å². The van der Waals surface area contributed by atoms with E-state index in [1.807, 2.05) is 30.3 Å². The zero-order chi connectivity index (χ0) is 15.1. The van der Waals surface area contributed by atoms with Crippen molar-refractivity contribution in [2.75, 3.05) is 12.4 Å². The van der Waals surface area contributed by atoms with Crippen molar-refractivity contribution in [2.24, 2.45) is 0 Å². The topological polar surface area (TPSA) is 80.8 Å². The fraction of sp³-hybridized carbons (Fsp3) is 0.286. The van der Waals surface area contributed by atoms with Crippen LogP contribution < -0.4 is 0 Å². The van der Waals surface area contributed by atoms with Crippen LogP contribution in [0.25, 0.3) is 5.69 Å². The lowest BCUT2D eigenvalue weighted by Gasteiger charge is -2.08. The predicted molar refractivity (Wildman–Crippen MR) is 78.0 cm³/mol. The minimum atomic E-state index is -0.299. The Bertz CT molecular complexity index is 649. The molecule has 0 saturated carbocycles. The average molecular weight is 302 g/mol. The number of para-hydroxylation sites is 1. The lowest BCUT2D eigenvalue weighted by Crippen LogP contribution is -2.08. The number of carbonyl (C=O) groups is 1. The van der Waals surface area contributed by atoms with Crippen LogP contribution in [0.1, 0.15) is 12.7 Å². The Labute approximate surface area is 126 Å². The Balaban J connectivity index is 2.26. The molecule has 108 valence electrons. The average Bonchev–Trinajstić information content (AvgIpc) is 2.90. The highest BCUT2D eigenvalue weighted by molar-refractivity contribution is 7.99. The van der Waals surface area contributed by atoms with Gasteiger partial charge in [0.2, 0.25) is 0 Å². The van der Waals surface area contributed by atoms with Crippen LogP contribution in [-0.4, -0.2) is 33.1 Å². The van der Waals surface area contributed by atoms with Gasteiger partial charge in [-0.25, -0.2) is 0 Å². The second-order valence-corrected chi connectivity index (χ2v) is 4.94. The Kier molecular flexibility index (Phi) is 5.35. The maximum Gasteiger partial charge on any atom is 0.316 e. The van der Waals surface area contributed by atoms with Crippen LogP contribution in [-0.2, 0) is 16.0 Å². The third-order valence-corrected chi connectivity index (χ3v) is 3.48. The molecule has 1 aromatic carbocycles.